The van der Waals surface area contributed by atoms with Crippen LogP contribution in [-0.4, -0.2) is 35.5 Å². The van der Waals surface area contributed by atoms with Crippen LogP contribution in [0, 0.1) is 13.8 Å². The molecule has 4 nitrogen and oxygen atoms in total. The van der Waals surface area contributed by atoms with Crippen LogP contribution in [0.15, 0.2) is 0 Å². The summed E-state index contributed by atoms with van der Waals surface area (Å²) in [5, 5.41) is 14.1. The van der Waals surface area contributed by atoms with Gasteiger partial charge in [-0.05, 0) is 20.8 Å². The summed E-state index contributed by atoms with van der Waals surface area (Å²) in [6.07, 6.45) is -0.392. The van der Waals surface area contributed by atoms with E-state index in [0.717, 1.165) is 10.7 Å². The molecule has 0 aliphatic carbocycles. The average molecular weight is 242 g/mol. The van der Waals surface area contributed by atoms with Crippen molar-refractivity contribution in [2.24, 2.45) is 0 Å². The number of hydrogen-bond acceptors (Lipinski definition) is 5. The molecule has 5 heteroatoms. The Bertz CT molecular complexity index is 367. The monoisotopic (exact) mass is 242 g/mol. The van der Waals surface area contributed by atoms with E-state index in [4.69, 9.17) is 4.74 Å². The molecular formula is C11H18N2O2S. The van der Waals surface area contributed by atoms with E-state index in [1.165, 1.54) is 4.88 Å². The Hall–Kier alpha value is -0.490. The molecule has 1 aliphatic rings. The smallest absolute Gasteiger partial charge is 0.0948 e. The van der Waals surface area contributed by atoms with Gasteiger partial charge in [-0.25, -0.2) is 4.98 Å². The Labute approximate surface area is 99.7 Å². The van der Waals surface area contributed by atoms with Gasteiger partial charge in [0.1, 0.15) is 0 Å². The van der Waals surface area contributed by atoms with Crippen LogP contribution in [0.2, 0.25) is 0 Å². The summed E-state index contributed by atoms with van der Waals surface area (Å²) in [4.78, 5) is 5.66. The van der Waals surface area contributed by atoms with Crippen molar-refractivity contribution in [3.63, 3.8) is 0 Å². The molecule has 3 atom stereocenters. The molecule has 1 saturated heterocycles. The lowest BCUT2D eigenvalue weighted by atomic mass is 10.1. The highest BCUT2D eigenvalue weighted by molar-refractivity contribution is 7.11. The first-order valence-corrected chi connectivity index (χ1v) is 6.35. The van der Waals surface area contributed by atoms with Gasteiger partial charge in [0.15, 0.2) is 0 Å². The van der Waals surface area contributed by atoms with Crippen LogP contribution in [0.3, 0.4) is 0 Å². The summed E-state index contributed by atoms with van der Waals surface area (Å²) in [5.74, 6) is 0. The molecule has 2 rings (SSSR count). The van der Waals surface area contributed by atoms with Gasteiger partial charge in [-0.15, -0.1) is 11.3 Å². The Kier molecular flexibility index (Phi) is 3.59. The van der Waals surface area contributed by atoms with Gasteiger partial charge in [0, 0.05) is 10.9 Å². The van der Waals surface area contributed by atoms with Crippen LogP contribution in [-0.2, 0) is 4.74 Å². The number of hydrogen-bond donors (Lipinski definition) is 2. The van der Waals surface area contributed by atoms with Gasteiger partial charge in [-0.2, -0.15) is 0 Å². The maximum absolute atomic E-state index is 9.66. The second kappa shape index (κ2) is 4.79. The van der Waals surface area contributed by atoms with Crippen molar-refractivity contribution in [1.29, 1.82) is 0 Å². The molecule has 90 valence electrons. The Morgan fingerprint density at radius 1 is 1.50 bits per heavy atom. The normalized spacial score (nSPS) is 27.2. The van der Waals surface area contributed by atoms with Gasteiger partial charge >= 0.3 is 0 Å². The first-order valence-electron chi connectivity index (χ1n) is 5.53. The molecule has 0 aromatic carbocycles. The maximum atomic E-state index is 9.66. The highest BCUT2D eigenvalue weighted by atomic mass is 32.1. The van der Waals surface area contributed by atoms with E-state index in [0.29, 0.717) is 13.2 Å². The van der Waals surface area contributed by atoms with E-state index in [-0.39, 0.29) is 12.1 Å². The van der Waals surface area contributed by atoms with Crippen molar-refractivity contribution in [2.45, 2.75) is 39.0 Å². The molecule has 0 amide bonds. The van der Waals surface area contributed by atoms with Crippen LogP contribution in [0.25, 0.3) is 0 Å². The third-order valence-electron chi connectivity index (χ3n) is 2.85. The number of aryl methyl sites for hydroxylation is 2. The standard InChI is InChI=1S/C11H18N2O2S/c1-6-11(16-8(3)12-6)7(2)13-9-4-15-5-10(9)14/h7,9-10,13-14H,4-5H2,1-3H3. The van der Waals surface area contributed by atoms with Crippen LogP contribution in [0.1, 0.15) is 28.5 Å². The number of thiazole rings is 1. The van der Waals surface area contributed by atoms with Crippen LogP contribution < -0.4 is 5.32 Å². The summed E-state index contributed by atoms with van der Waals surface area (Å²) >= 11 is 1.71. The number of ether oxygens (including phenoxy) is 1. The molecule has 0 spiro atoms. The SMILES string of the molecule is Cc1nc(C)c(C(C)NC2COCC2O)s1. The van der Waals surface area contributed by atoms with Crippen LogP contribution >= 0.6 is 11.3 Å². The van der Waals surface area contributed by atoms with Gasteiger partial charge in [0.2, 0.25) is 0 Å². The molecule has 1 fully saturated rings. The van der Waals surface area contributed by atoms with Crippen LogP contribution in [0.4, 0.5) is 0 Å². The maximum Gasteiger partial charge on any atom is 0.0948 e. The zero-order valence-electron chi connectivity index (χ0n) is 9.86. The molecule has 2 heterocycles. The first-order chi connectivity index (χ1) is 7.58. The summed E-state index contributed by atoms with van der Waals surface area (Å²) in [6, 6.07) is 0.254. The van der Waals surface area contributed by atoms with E-state index in [9.17, 15) is 5.11 Å². The first kappa shape index (κ1) is 12.0. The summed E-state index contributed by atoms with van der Waals surface area (Å²) in [6.45, 7) is 7.17. The molecule has 0 saturated carbocycles. The quantitative estimate of drug-likeness (QED) is 0.835. The third-order valence-corrected chi connectivity index (χ3v) is 4.10. The van der Waals surface area contributed by atoms with Gasteiger partial charge in [-0.3, -0.25) is 0 Å². The Morgan fingerprint density at radius 2 is 2.25 bits per heavy atom. The summed E-state index contributed by atoms with van der Waals surface area (Å²) in [7, 11) is 0. The third kappa shape index (κ3) is 2.43. The Balaban J connectivity index is 2.02. The fraction of sp³-hybridized carbons (Fsp3) is 0.727. The van der Waals surface area contributed by atoms with Gasteiger partial charge in [0.05, 0.1) is 36.1 Å². The lowest BCUT2D eigenvalue weighted by molar-refractivity contribution is 0.121. The van der Waals surface area contributed by atoms with Crippen molar-refractivity contribution < 1.29 is 9.84 Å². The number of rotatable bonds is 3. The van der Waals surface area contributed by atoms with Crippen molar-refractivity contribution in [2.75, 3.05) is 13.2 Å². The van der Waals surface area contributed by atoms with Crippen molar-refractivity contribution in [1.82, 2.24) is 10.3 Å². The molecule has 0 radical (unpaired) electrons. The van der Waals surface area contributed by atoms with E-state index in [1.807, 2.05) is 13.8 Å². The van der Waals surface area contributed by atoms with Crippen molar-refractivity contribution in [3.8, 4) is 0 Å². The topological polar surface area (TPSA) is 54.4 Å². The molecule has 1 aromatic heterocycles. The molecule has 1 aromatic rings. The zero-order chi connectivity index (χ0) is 11.7. The number of nitrogens with one attached hydrogen (secondary N) is 1. The zero-order valence-corrected chi connectivity index (χ0v) is 10.7. The van der Waals surface area contributed by atoms with Gasteiger partial charge in [0.25, 0.3) is 0 Å². The second-order valence-electron chi connectivity index (χ2n) is 4.28. The molecule has 2 N–H and O–H groups in total. The number of nitrogens with zero attached hydrogens (tertiary/aromatic N) is 1. The summed E-state index contributed by atoms with van der Waals surface area (Å²) < 4.78 is 5.22. The predicted octanol–water partition coefficient (Wildman–Crippen LogP) is 1.17. The lowest BCUT2D eigenvalue weighted by Gasteiger charge is -2.20. The molecule has 16 heavy (non-hydrogen) atoms. The number of aromatic nitrogens is 1. The lowest BCUT2D eigenvalue weighted by Crippen LogP contribution is -2.40. The van der Waals surface area contributed by atoms with E-state index in [1.54, 1.807) is 11.3 Å². The highest BCUT2D eigenvalue weighted by Gasteiger charge is 2.28. The molecular weight excluding hydrogens is 224 g/mol. The molecule has 0 bridgehead atoms. The predicted molar refractivity (Wildman–Crippen MR) is 63.8 cm³/mol. The largest absolute Gasteiger partial charge is 0.389 e. The van der Waals surface area contributed by atoms with Crippen LogP contribution in [0.5, 0.6) is 0 Å². The minimum atomic E-state index is -0.392. The molecule has 3 unspecified atom stereocenters. The number of aliphatic hydroxyl groups excluding tert-OH is 1. The van der Waals surface area contributed by atoms with Crippen molar-refractivity contribution >= 4 is 11.3 Å². The highest BCUT2D eigenvalue weighted by Crippen LogP contribution is 2.25. The fourth-order valence-electron chi connectivity index (χ4n) is 2.05. The van der Waals surface area contributed by atoms with E-state index in [2.05, 4.69) is 17.2 Å². The minimum Gasteiger partial charge on any atom is -0.389 e. The average Bonchev–Trinajstić information content (AvgIpc) is 2.74. The molecule has 1 aliphatic heterocycles. The Morgan fingerprint density at radius 3 is 2.75 bits per heavy atom. The van der Waals surface area contributed by atoms with Crippen molar-refractivity contribution in [3.05, 3.63) is 15.6 Å². The minimum absolute atomic E-state index is 0.0387. The number of aliphatic hydroxyl groups is 1. The second-order valence-corrected chi connectivity index (χ2v) is 5.52. The summed E-state index contributed by atoms with van der Waals surface area (Å²) in [5.41, 5.74) is 1.08. The van der Waals surface area contributed by atoms with E-state index < -0.39 is 6.10 Å². The van der Waals surface area contributed by atoms with E-state index >= 15 is 0 Å². The van der Waals surface area contributed by atoms with Gasteiger partial charge in [-0.1, -0.05) is 0 Å². The van der Waals surface area contributed by atoms with Gasteiger partial charge < -0.3 is 15.2 Å². The fourth-order valence-corrected chi connectivity index (χ4v) is 2.99.